The van der Waals surface area contributed by atoms with E-state index in [1.54, 1.807) is 12.3 Å². The Kier molecular flexibility index (Phi) is 4.78. The number of pyridine rings is 1. The Labute approximate surface area is 126 Å². The van der Waals surface area contributed by atoms with Crippen LogP contribution in [0.4, 0.5) is 5.69 Å². The summed E-state index contributed by atoms with van der Waals surface area (Å²) in [5, 5.41) is 0.647. The normalized spacial score (nSPS) is 12.3. The summed E-state index contributed by atoms with van der Waals surface area (Å²) in [5.74, 6) is 0.816. The van der Waals surface area contributed by atoms with E-state index in [2.05, 4.69) is 4.98 Å². The number of nitrogens with two attached hydrogens (primary N) is 1. The molecule has 1 heterocycles. The zero-order chi connectivity index (χ0) is 14.7. The summed E-state index contributed by atoms with van der Waals surface area (Å²) in [5.41, 5.74) is 10.2. The SMILES string of the molecule is Cc1cnc(CS(=O)Cc2ccccc2Cl)c(C)c1N. The molecule has 0 amide bonds. The van der Waals surface area contributed by atoms with Gasteiger partial charge in [-0.15, -0.1) is 0 Å². The van der Waals surface area contributed by atoms with E-state index in [-0.39, 0.29) is 0 Å². The van der Waals surface area contributed by atoms with Gasteiger partial charge in [0.15, 0.2) is 0 Å². The van der Waals surface area contributed by atoms with Gasteiger partial charge < -0.3 is 5.73 Å². The standard InChI is InChI=1S/C15H17ClN2OS/c1-10-7-18-14(11(2)15(10)17)9-20(19)8-12-5-3-4-6-13(12)16/h3-7H,8-9H2,1-2H3,(H2,17,18). The molecule has 0 aliphatic carbocycles. The van der Waals surface area contributed by atoms with Crippen molar-refractivity contribution in [1.82, 2.24) is 4.98 Å². The monoisotopic (exact) mass is 308 g/mol. The second-order valence-electron chi connectivity index (χ2n) is 4.75. The molecular weight excluding hydrogens is 292 g/mol. The van der Waals surface area contributed by atoms with Crippen molar-refractivity contribution in [1.29, 1.82) is 0 Å². The molecule has 2 aromatic rings. The second-order valence-corrected chi connectivity index (χ2v) is 6.61. The highest BCUT2D eigenvalue weighted by Crippen LogP contribution is 2.21. The zero-order valence-electron chi connectivity index (χ0n) is 11.5. The number of halogens is 1. The first-order valence-corrected chi connectivity index (χ1v) is 8.14. The van der Waals surface area contributed by atoms with E-state index >= 15 is 0 Å². The molecule has 20 heavy (non-hydrogen) atoms. The summed E-state index contributed by atoms with van der Waals surface area (Å²) in [4.78, 5) is 4.34. The number of benzene rings is 1. The Morgan fingerprint density at radius 1 is 1.25 bits per heavy atom. The molecule has 0 spiro atoms. The number of anilines is 1. The molecule has 1 aromatic heterocycles. The van der Waals surface area contributed by atoms with Crippen LogP contribution in [-0.4, -0.2) is 9.19 Å². The first kappa shape index (κ1) is 15.0. The lowest BCUT2D eigenvalue weighted by molar-refractivity contribution is 0.681. The minimum atomic E-state index is -1.06. The molecule has 1 unspecified atom stereocenters. The number of hydrogen-bond acceptors (Lipinski definition) is 3. The van der Waals surface area contributed by atoms with Gasteiger partial charge in [-0.3, -0.25) is 9.19 Å². The Balaban J connectivity index is 2.13. The lowest BCUT2D eigenvalue weighted by Gasteiger charge is -2.10. The van der Waals surface area contributed by atoms with E-state index < -0.39 is 10.8 Å². The van der Waals surface area contributed by atoms with E-state index in [4.69, 9.17) is 17.3 Å². The van der Waals surface area contributed by atoms with Gasteiger partial charge >= 0.3 is 0 Å². The van der Waals surface area contributed by atoms with Crippen molar-refractivity contribution >= 4 is 28.1 Å². The fourth-order valence-corrected chi connectivity index (χ4v) is 3.51. The van der Waals surface area contributed by atoms with Gasteiger partial charge in [-0.1, -0.05) is 29.8 Å². The second kappa shape index (κ2) is 6.37. The molecule has 0 bridgehead atoms. The molecule has 0 aliphatic rings. The predicted octanol–water partition coefficient (Wildman–Crippen LogP) is 3.38. The molecule has 0 saturated heterocycles. The highest BCUT2D eigenvalue weighted by Gasteiger charge is 2.11. The Morgan fingerprint density at radius 3 is 2.65 bits per heavy atom. The van der Waals surface area contributed by atoms with Crippen LogP contribution >= 0.6 is 11.6 Å². The molecule has 1 atom stereocenters. The fourth-order valence-electron chi connectivity index (χ4n) is 1.93. The van der Waals surface area contributed by atoms with Crippen LogP contribution in [0, 0.1) is 13.8 Å². The molecule has 3 nitrogen and oxygen atoms in total. The summed E-state index contributed by atoms with van der Waals surface area (Å²) < 4.78 is 12.3. The van der Waals surface area contributed by atoms with Gasteiger partial charge in [0, 0.05) is 27.7 Å². The van der Waals surface area contributed by atoms with Gasteiger partial charge in [-0.2, -0.15) is 0 Å². The number of rotatable bonds is 4. The molecular formula is C15H17ClN2OS. The van der Waals surface area contributed by atoms with Crippen LogP contribution in [0.15, 0.2) is 30.5 Å². The van der Waals surface area contributed by atoms with E-state index in [1.807, 2.05) is 32.0 Å². The molecule has 1 aromatic carbocycles. The molecule has 2 N–H and O–H groups in total. The third-order valence-corrected chi connectivity index (χ3v) is 4.84. The first-order valence-electron chi connectivity index (χ1n) is 6.28. The van der Waals surface area contributed by atoms with Crippen LogP contribution in [-0.2, 0) is 22.3 Å². The Hall–Kier alpha value is -1.39. The average Bonchev–Trinajstić information content (AvgIpc) is 2.42. The number of aryl methyl sites for hydroxylation is 1. The smallest absolute Gasteiger partial charge is 0.0665 e. The average molecular weight is 309 g/mol. The van der Waals surface area contributed by atoms with E-state index in [1.165, 1.54) is 0 Å². The predicted molar refractivity (Wildman–Crippen MR) is 85.1 cm³/mol. The summed E-state index contributed by atoms with van der Waals surface area (Å²) in [6.07, 6.45) is 1.73. The van der Waals surface area contributed by atoms with Crippen molar-refractivity contribution in [2.24, 2.45) is 0 Å². The molecule has 2 rings (SSSR count). The maximum absolute atomic E-state index is 12.3. The Bertz CT molecular complexity index is 658. The van der Waals surface area contributed by atoms with Crippen LogP contribution < -0.4 is 5.73 Å². The van der Waals surface area contributed by atoms with Gasteiger partial charge in [0.25, 0.3) is 0 Å². The van der Waals surface area contributed by atoms with Crippen molar-refractivity contribution in [3.63, 3.8) is 0 Å². The van der Waals surface area contributed by atoms with E-state index in [9.17, 15) is 4.21 Å². The minimum Gasteiger partial charge on any atom is -0.398 e. The Morgan fingerprint density at radius 2 is 1.95 bits per heavy atom. The topological polar surface area (TPSA) is 56.0 Å². The quantitative estimate of drug-likeness (QED) is 0.942. The van der Waals surface area contributed by atoms with Gasteiger partial charge in [0.05, 0.1) is 17.2 Å². The van der Waals surface area contributed by atoms with Gasteiger partial charge in [0.2, 0.25) is 0 Å². The van der Waals surface area contributed by atoms with Crippen LogP contribution in [0.1, 0.15) is 22.4 Å². The molecule has 0 saturated carbocycles. The summed E-state index contributed by atoms with van der Waals surface area (Å²) in [6, 6.07) is 7.46. The highest BCUT2D eigenvalue weighted by molar-refractivity contribution is 7.83. The number of nitrogen functional groups attached to an aromatic ring is 1. The lowest BCUT2D eigenvalue weighted by atomic mass is 10.1. The highest BCUT2D eigenvalue weighted by atomic mass is 35.5. The van der Waals surface area contributed by atoms with Crippen molar-refractivity contribution in [2.45, 2.75) is 25.4 Å². The third kappa shape index (κ3) is 3.38. The van der Waals surface area contributed by atoms with Crippen LogP contribution in [0.2, 0.25) is 5.02 Å². The van der Waals surface area contributed by atoms with Crippen LogP contribution in [0.3, 0.4) is 0 Å². The fraction of sp³-hybridized carbons (Fsp3) is 0.267. The number of hydrogen-bond donors (Lipinski definition) is 1. The van der Waals surface area contributed by atoms with E-state index in [0.29, 0.717) is 16.5 Å². The van der Waals surface area contributed by atoms with Crippen LogP contribution in [0.25, 0.3) is 0 Å². The maximum atomic E-state index is 12.3. The molecule has 0 aliphatic heterocycles. The molecule has 0 radical (unpaired) electrons. The maximum Gasteiger partial charge on any atom is 0.0665 e. The van der Waals surface area contributed by atoms with Crippen molar-refractivity contribution in [3.8, 4) is 0 Å². The lowest BCUT2D eigenvalue weighted by Crippen LogP contribution is -2.06. The van der Waals surface area contributed by atoms with Crippen LogP contribution in [0.5, 0.6) is 0 Å². The third-order valence-electron chi connectivity index (χ3n) is 3.25. The van der Waals surface area contributed by atoms with Crippen molar-refractivity contribution in [2.75, 3.05) is 5.73 Å². The molecule has 0 fully saturated rings. The van der Waals surface area contributed by atoms with Crippen molar-refractivity contribution < 1.29 is 4.21 Å². The van der Waals surface area contributed by atoms with Gasteiger partial charge in [0.1, 0.15) is 0 Å². The minimum absolute atomic E-state index is 0.390. The van der Waals surface area contributed by atoms with E-state index in [0.717, 1.165) is 28.1 Å². The van der Waals surface area contributed by atoms with Gasteiger partial charge in [-0.25, -0.2) is 0 Å². The summed E-state index contributed by atoms with van der Waals surface area (Å²) in [6.45, 7) is 3.83. The first-order chi connectivity index (χ1) is 9.49. The molecule has 5 heteroatoms. The zero-order valence-corrected chi connectivity index (χ0v) is 13.1. The number of aromatic nitrogens is 1. The molecule has 106 valence electrons. The number of nitrogens with zero attached hydrogens (tertiary/aromatic N) is 1. The summed E-state index contributed by atoms with van der Waals surface area (Å²) in [7, 11) is -1.06. The van der Waals surface area contributed by atoms with Crippen molar-refractivity contribution in [3.05, 3.63) is 57.9 Å². The largest absolute Gasteiger partial charge is 0.398 e. The van der Waals surface area contributed by atoms with Gasteiger partial charge in [-0.05, 0) is 36.6 Å². The summed E-state index contributed by atoms with van der Waals surface area (Å²) >= 11 is 6.08.